The summed E-state index contributed by atoms with van der Waals surface area (Å²) in [5.74, 6) is 0.767. The number of hydrogen-bond donors (Lipinski definition) is 1. The van der Waals surface area contributed by atoms with Gasteiger partial charge < -0.3 is 5.32 Å². The first-order chi connectivity index (χ1) is 5.88. The molecule has 0 saturated heterocycles. The first-order valence-corrected chi connectivity index (χ1v) is 5.01. The molecule has 12 heavy (non-hydrogen) atoms. The summed E-state index contributed by atoms with van der Waals surface area (Å²) in [7, 11) is 0. The lowest BCUT2D eigenvalue weighted by Gasteiger charge is -2.13. The van der Waals surface area contributed by atoms with Crippen LogP contribution in [0, 0.1) is 5.92 Å². The Bertz CT molecular complexity index is 132. The molecule has 1 amide bonds. The molecule has 1 aliphatic carbocycles. The van der Waals surface area contributed by atoms with Crippen molar-refractivity contribution in [3.8, 4) is 0 Å². The van der Waals surface area contributed by atoms with Gasteiger partial charge in [0.05, 0.1) is 0 Å². The van der Waals surface area contributed by atoms with Crippen molar-refractivity contribution in [1.82, 2.24) is 5.32 Å². The summed E-state index contributed by atoms with van der Waals surface area (Å²) in [5.41, 5.74) is 0. The van der Waals surface area contributed by atoms with E-state index in [-0.39, 0.29) is 0 Å². The fourth-order valence-corrected chi connectivity index (χ4v) is 1.61. The molecular formula is C10H18NO. The Morgan fingerprint density at radius 2 is 2.25 bits per heavy atom. The van der Waals surface area contributed by atoms with Gasteiger partial charge in [0, 0.05) is 6.04 Å². The minimum absolute atomic E-state index is 0.425. The van der Waals surface area contributed by atoms with Crippen molar-refractivity contribution in [3.05, 3.63) is 0 Å². The van der Waals surface area contributed by atoms with Crippen LogP contribution in [0.5, 0.6) is 0 Å². The number of carbonyl (C=O) groups excluding carboxylic acids is 1. The summed E-state index contributed by atoms with van der Waals surface area (Å²) >= 11 is 0. The van der Waals surface area contributed by atoms with E-state index in [1.807, 2.05) is 6.41 Å². The Kier molecular flexibility index (Phi) is 4.12. The van der Waals surface area contributed by atoms with Crippen molar-refractivity contribution in [1.29, 1.82) is 0 Å². The zero-order valence-electron chi connectivity index (χ0n) is 7.81. The predicted octanol–water partition coefficient (Wildman–Crippen LogP) is 2.00. The largest absolute Gasteiger partial charge is 0.345 e. The van der Waals surface area contributed by atoms with Crippen molar-refractivity contribution in [3.63, 3.8) is 0 Å². The third-order valence-corrected chi connectivity index (χ3v) is 2.55. The van der Waals surface area contributed by atoms with Crippen molar-refractivity contribution in [2.45, 2.75) is 51.5 Å². The first-order valence-electron chi connectivity index (χ1n) is 5.01. The maximum atomic E-state index is 10.1. The molecule has 0 aliphatic heterocycles. The zero-order chi connectivity index (χ0) is 8.81. The maximum absolute atomic E-state index is 10.1. The van der Waals surface area contributed by atoms with E-state index in [0.29, 0.717) is 6.04 Å². The average molecular weight is 168 g/mol. The van der Waals surface area contributed by atoms with Crippen LogP contribution in [-0.2, 0) is 4.79 Å². The van der Waals surface area contributed by atoms with E-state index in [2.05, 4.69) is 12.2 Å². The van der Waals surface area contributed by atoms with E-state index in [1.165, 1.54) is 32.1 Å². The number of unbranched alkanes of at least 4 members (excludes halogenated alkanes) is 2. The van der Waals surface area contributed by atoms with E-state index in [1.54, 1.807) is 0 Å². The lowest BCUT2D eigenvalue weighted by Crippen LogP contribution is -2.29. The fourth-order valence-electron chi connectivity index (χ4n) is 1.61. The highest BCUT2D eigenvalue weighted by Gasteiger charge is 2.30. The van der Waals surface area contributed by atoms with Crippen molar-refractivity contribution in [2.24, 2.45) is 5.92 Å². The Hall–Kier alpha value is -0.530. The lowest BCUT2D eigenvalue weighted by atomic mass is 10.0. The second kappa shape index (κ2) is 5.18. The van der Waals surface area contributed by atoms with Crippen LogP contribution in [-0.4, -0.2) is 12.5 Å². The Morgan fingerprint density at radius 3 is 2.75 bits per heavy atom. The van der Waals surface area contributed by atoms with E-state index in [9.17, 15) is 4.79 Å². The molecule has 69 valence electrons. The van der Waals surface area contributed by atoms with Gasteiger partial charge in [-0.2, -0.15) is 0 Å². The smallest absolute Gasteiger partial charge is 0.309 e. The molecule has 2 heteroatoms. The standard InChI is InChI=1S/C10H18NO/c1-2-3-4-5-10(11-8-12)9-6-7-9/h9-10H,2-7H2,1H3,(H,11,12). The molecule has 0 aromatic rings. The third kappa shape index (κ3) is 3.24. The van der Waals surface area contributed by atoms with Gasteiger partial charge in [-0.05, 0) is 25.2 Å². The molecule has 1 saturated carbocycles. The molecule has 0 bridgehead atoms. The highest BCUT2D eigenvalue weighted by Crippen LogP contribution is 2.34. The van der Waals surface area contributed by atoms with E-state index < -0.39 is 0 Å². The first kappa shape index (κ1) is 9.56. The average Bonchev–Trinajstić information content (AvgIpc) is 2.86. The van der Waals surface area contributed by atoms with Crippen LogP contribution in [0.4, 0.5) is 0 Å². The van der Waals surface area contributed by atoms with Crippen LogP contribution < -0.4 is 5.32 Å². The van der Waals surface area contributed by atoms with Gasteiger partial charge in [0.15, 0.2) is 0 Å². The molecule has 1 atom stereocenters. The van der Waals surface area contributed by atoms with Gasteiger partial charge in [0.2, 0.25) is 0 Å². The number of nitrogens with one attached hydrogen (secondary N) is 1. The van der Waals surface area contributed by atoms with Crippen LogP contribution >= 0.6 is 0 Å². The molecule has 1 fully saturated rings. The lowest BCUT2D eigenvalue weighted by molar-refractivity contribution is 0.452. The normalized spacial score (nSPS) is 18.8. The molecule has 2 nitrogen and oxygen atoms in total. The van der Waals surface area contributed by atoms with E-state index in [0.717, 1.165) is 12.3 Å². The molecule has 0 heterocycles. The number of hydrogen-bond acceptors (Lipinski definition) is 1. The van der Waals surface area contributed by atoms with Crippen LogP contribution in [0.25, 0.3) is 0 Å². The summed E-state index contributed by atoms with van der Waals surface area (Å²) in [4.78, 5) is 10.1. The van der Waals surface area contributed by atoms with Gasteiger partial charge in [-0.1, -0.05) is 26.2 Å². The number of rotatable bonds is 7. The van der Waals surface area contributed by atoms with Gasteiger partial charge in [-0.3, -0.25) is 4.79 Å². The topological polar surface area (TPSA) is 29.1 Å². The second-order valence-corrected chi connectivity index (χ2v) is 3.69. The molecule has 1 N–H and O–H groups in total. The Balaban J connectivity index is 2.09. The Morgan fingerprint density at radius 1 is 1.50 bits per heavy atom. The quantitative estimate of drug-likeness (QED) is 0.457. The highest BCUT2D eigenvalue weighted by molar-refractivity contribution is 5.47. The molecule has 1 radical (unpaired) electrons. The number of amides is 1. The minimum Gasteiger partial charge on any atom is -0.345 e. The van der Waals surface area contributed by atoms with Gasteiger partial charge in [0.25, 0.3) is 0 Å². The second-order valence-electron chi connectivity index (χ2n) is 3.69. The third-order valence-electron chi connectivity index (χ3n) is 2.55. The highest BCUT2D eigenvalue weighted by atomic mass is 16.1. The van der Waals surface area contributed by atoms with Gasteiger partial charge in [-0.15, -0.1) is 0 Å². The summed E-state index contributed by atoms with van der Waals surface area (Å²) in [6.45, 7) is 2.20. The summed E-state index contributed by atoms with van der Waals surface area (Å²) in [6, 6.07) is 0.425. The molecule has 0 aromatic heterocycles. The van der Waals surface area contributed by atoms with Crippen LogP contribution in [0.3, 0.4) is 0 Å². The molecule has 1 aliphatic rings. The van der Waals surface area contributed by atoms with E-state index in [4.69, 9.17) is 0 Å². The van der Waals surface area contributed by atoms with Crippen LogP contribution in [0.1, 0.15) is 45.4 Å². The predicted molar refractivity (Wildman–Crippen MR) is 49.5 cm³/mol. The summed E-state index contributed by atoms with van der Waals surface area (Å²) in [5, 5.41) is 2.80. The monoisotopic (exact) mass is 168 g/mol. The van der Waals surface area contributed by atoms with Crippen LogP contribution in [0.15, 0.2) is 0 Å². The minimum atomic E-state index is 0.425. The van der Waals surface area contributed by atoms with Gasteiger partial charge in [0.1, 0.15) is 0 Å². The Labute approximate surface area is 74.7 Å². The molecule has 1 rings (SSSR count). The van der Waals surface area contributed by atoms with Crippen molar-refractivity contribution < 1.29 is 4.79 Å². The summed E-state index contributed by atoms with van der Waals surface area (Å²) < 4.78 is 0. The molecular weight excluding hydrogens is 150 g/mol. The van der Waals surface area contributed by atoms with E-state index >= 15 is 0 Å². The van der Waals surface area contributed by atoms with Gasteiger partial charge >= 0.3 is 6.41 Å². The van der Waals surface area contributed by atoms with Crippen molar-refractivity contribution in [2.75, 3.05) is 0 Å². The fraction of sp³-hybridized carbons (Fsp3) is 0.900. The van der Waals surface area contributed by atoms with Crippen LogP contribution in [0.2, 0.25) is 0 Å². The molecule has 1 unspecified atom stereocenters. The molecule has 0 spiro atoms. The summed E-state index contributed by atoms with van der Waals surface area (Å²) in [6.07, 6.45) is 9.33. The molecule has 0 aromatic carbocycles. The van der Waals surface area contributed by atoms with Gasteiger partial charge in [-0.25, -0.2) is 0 Å². The zero-order valence-corrected chi connectivity index (χ0v) is 7.81. The van der Waals surface area contributed by atoms with Crippen molar-refractivity contribution >= 4 is 6.41 Å². The SMILES string of the molecule is CCCCCC(N[C]=O)C1CC1. The maximum Gasteiger partial charge on any atom is 0.309 e.